The van der Waals surface area contributed by atoms with Crippen LogP contribution in [0.5, 0.6) is 0 Å². The van der Waals surface area contributed by atoms with E-state index in [0.29, 0.717) is 12.8 Å². The molecular weight excluding hydrogens is 535 g/mol. The van der Waals surface area contributed by atoms with E-state index in [1.807, 2.05) is 6.92 Å². The first-order valence-electron chi connectivity index (χ1n) is 10.7. The Hall–Kier alpha value is -1.03. The summed E-state index contributed by atoms with van der Waals surface area (Å²) >= 11 is 0. The molecule has 36 heavy (non-hydrogen) atoms. The lowest BCUT2D eigenvalue weighted by Crippen LogP contribution is -2.70. The molecule has 0 aliphatic rings. The lowest BCUT2D eigenvalue weighted by molar-refractivity contribution is -0.440. The molecule has 1 atom stereocenters. The molecule has 0 fully saturated rings. The molecule has 0 rings (SSSR count). The van der Waals surface area contributed by atoms with Gasteiger partial charge in [-0.1, -0.05) is 39.0 Å². The zero-order chi connectivity index (χ0) is 28.9. The summed E-state index contributed by atoms with van der Waals surface area (Å²) in [6.07, 6.45) is -8.02. The van der Waals surface area contributed by atoms with E-state index in [1.54, 1.807) is 0 Å². The Morgan fingerprint density at radius 2 is 0.944 bits per heavy atom. The monoisotopic (exact) mass is 564 g/mol. The molecule has 0 saturated carbocycles. The van der Waals surface area contributed by atoms with Gasteiger partial charge in [0.05, 0.1) is 0 Å². The molecule has 0 aliphatic heterocycles. The second-order valence-corrected chi connectivity index (χ2v) is 8.15. The van der Waals surface area contributed by atoms with E-state index >= 15 is 0 Å². The average molecular weight is 564 g/mol. The molecular formula is C20H29F13O3. The van der Waals surface area contributed by atoms with Gasteiger partial charge in [0.15, 0.2) is 0 Å². The molecule has 3 nitrogen and oxygen atoms in total. The zero-order valence-electron chi connectivity index (χ0n) is 19.9. The highest BCUT2D eigenvalue weighted by Crippen LogP contribution is 2.61. The van der Waals surface area contributed by atoms with Gasteiger partial charge in [0, 0.05) is 33.7 Å². The standard InChI is InChI=1S/C20H29F13O3/c1-5-6-7-8-9-10-13(15(34-2,35-3)36-4)11-12-14(21,22)16(23,24)17(25,26)18(27,28)19(29,30)20(31,32)33/h13H,5-12H2,1-4H3. The number of ether oxygens (including phenoxy) is 3. The van der Waals surface area contributed by atoms with Gasteiger partial charge < -0.3 is 14.2 Å². The van der Waals surface area contributed by atoms with E-state index in [9.17, 15) is 57.1 Å². The van der Waals surface area contributed by atoms with Crippen LogP contribution in [0.3, 0.4) is 0 Å². The van der Waals surface area contributed by atoms with Gasteiger partial charge in [0.1, 0.15) is 0 Å². The number of hydrogen-bond donors (Lipinski definition) is 0. The third-order valence-electron chi connectivity index (χ3n) is 5.81. The molecule has 1 unspecified atom stereocenters. The number of alkyl halides is 13. The first-order chi connectivity index (χ1) is 16.1. The van der Waals surface area contributed by atoms with Gasteiger partial charge in [0.2, 0.25) is 0 Å². The maximum absolute atomic E-state index is 14.2. The van der Waals surface area contributed by atoms with E-state index < -0.39 is 60.5 Å². The van der Waals surface area contributed by atoms with Crippen molar-refractivity contribution in [2.75, 3.05) is 21.3 Å². The summed E-state index contributed by atoms with van der Waals surface area (Å²) < 4.78 is 188. The second kappa shape index (κ2) is 12.2. The van der Waals surface area contributed by atoms with Crippen molar-refractivity contribution >= 4 is 0 Å². The van der Waals surface area contributed by atoms with Crippen molar-refractivity contribution in [1.29, 1.82) is 0 Å². The fourth-order valence-corrected chi connectivity index (χ4v) is 3.56. The smallest absolute Gasteiger partial charge is 0.331 e. The normalized spacial score (nSPS) is 15.9. The van der Waals surface area contributed by atoms with Gasteiger partial charge >= 0.3 is 35.8 Å². The highest BCUT2D eigenvalue weighted by molar-refractivity contribution is 5.10. The minimum absolute atomic E-state index is 0.125. The van der Waals surface area contributed by atoms with Crippen LogP contribution in [0, 0.1) is 5.92 Å². The quantitative estimate of drug-likeness (QED) is 0.102. The Bertz CT molecular complexity index is 653. The molecule has 0 aromatic rings. The van der Waals surface area contributed by atoms with Crippen LogP contribution < -0.4 is 0 Å². The van der Waals surface area contributed by atoms with Gasteiger partial charge in [-0.25, -0.2) is 0 Å². The Morgan fingerprint density at radius 1 is 0.528 bits per heavy atom. The van der Waals surface area contributed by atoms with Crippen LogP contribution in [0.4, 0.5) is 57.1 Å². The first kappa shape index (κ1) is 35.0. The van der Waals surface area contributed by atoms with Crippen molar-refractivity contribution in [3.05, 3.63) is 0 Å². The number of methoxy groups -OCH3 is 3. The Kier molecular flexibility index (Phi) is 11.9. The molecule has 0 bridgehead atoms. The molecule has 0 aromatic carbocycles. The Labute approximate surface area is 199 Å². The van der Waals surface area contributed by atoms with Crippen molar-refractivity contribution in [1.82, 2.24) is 0 Å². The Balaban J connectivity index is 6.05. The van der Waals surface area contributed by atoms with Crippen molar-refractivity contribution in [3.8, 4) is 0 Å². The van der Waals surface area contributed by atoms with Crippen LogP contribution in [-0.4, -0.2) is 63.1 Å². The van der Waals surface area contributed by atoms with Crippen LogP contribution in [-0.2, 0) is 14.2 Å². The minimum Gasteiger partial charge on any atom is -0.331 e. The van der Waals surface area contributed by atoms with Crippen LogP contribution in [0.2, 0.25) is 0 Å². The van der Waals surface area contributed by atoms with Crippen molar-refractivity contribution in [2.45, 2.75) is 100 Å². The number of hydrogen-bond acceptors (Lipinski definition) is 3. The second-order valence-electron chi connectivity index (χ2n) is 8.15. The van der Waals surface area contributed by atoms with Gasteiger partial charge in [0.25, 0.3) is 5.97 Å². The maximum atomic E-state index is 14.2. The molecule has 0 radical (unpaired) electrons. The fraction of sp³-hybridized carbons (Fsp3) is 1.00. The molecule has 0 aliphatic carbocycles. The van der Waals surface area contributed by atoms with Gasteiger partial charge in [-0.05, 0) is 12.8 Å². The first-order valence-corrected chi connectivity index (χ1v) is 10.7. The molecule has 0 amide bonds. The summed E-state index contributed by atoms with van der Waals surface area (Å²) in [5.41, 5.74) is 0. The lowest BCUT2D eigenvalue weighted by atomic mass is 9.87. The molecule has 218 valence electrons. The number of unbranched alkanes of at least 4 members (excludes halogenated alkanes) is 4. The summed E-state index contributed by atoms with van der Waals surface area (Å²) in [5.74, 6) is -40.5. The zero-order valence-corrected chi connectivity index (χ0v) is 19.9. The highest BCUT2D eigenvalue weighted by Gasteiger charge is 2.90. The van der Waals surface area contributed by atoms with Gasteiger partial charge in [-0.15, -0.1) is 0 Å². The van der Waals surface area contributed by atoms with Crippen LogP contribution in [0.15, 0.2) is 0 Å². The summed E-state index contributed by atoms with van der Waals surface area (Å²) in [5, 5.41) is 0. The third-order valence-corrected chi connectivity index (χ3v) is 5.81. The van der Waals surface area contributed by atoms with E-state index in [0.717, 1.165) is 34.2 Å². The molecule has 0 spiro atoms. The van der Waals surface area contributed by atoms with Crippen LogP contribution >= 0.6 is 0 Å². The topological polar surface area (TPSA) is 27.7 Å². The molecule has 0 aromatic heterocycles. The summed E-state index contributed by atoms with van der Waals surface area (Å²) in [7, 11) is 2.91. The SMILES string of the molecule is CCCCCCCC(CCC(F)(F)C(F)(F)C(F)(F)C(F)(F)C(F)(F)C(F)(F)F)C(OC)(OC)OC. The van der Waals surface area contributed by atoms with Gasteiger partial charge in [-0.2, -0.15) is 57.1 Å². The maximum Gasteiger partial charge on any atom is 0.460 e. The van der Waals surface area contributed by atoms with Crippen LogP contribution in [0.25, 0.3) is 0 Å². The summed E-state index contributed by atoms with van der Waals surface area (Å²) in [6.45, 7) is 1.89. The number of halogens is 13. The van der Waals surface area contributed by atoms with Crippen molar-refractivity contribution in [3.63, 3.8) is 0 Å². The average Bonchev–Trinajstić information content (AvgIpc) is 2.76. The fourth-order valence-electron chi connectivity index (χ4n) is 3.56. The van der Waals surface area contributed by atoms with E-state index in [-0.39, 0.29) is 12.8 Å². The molecule has 0 heterocycles. The van der Waals surface area contributed by atoms with Crippen LogP contribution in [0.1, 0.15) is 58.3 Å². The molecule has 0 saturated heterocycles. The van der Waals surface area contributed by atoms with E-state index in [2.05, 4.69) is 0 Å². The largest absolute Gasteiger partial charge is 0.460 e. The third kappa shape index (κ3) is 6.51. The van der Waals surface area contributed by atoms with Crippen molar-refractivity contribution < 1.29 is 71.3 Å². The summed E-state index contributed by atoms with van der Waals surface area (Å²) in [6, 6.07) is 0. The highest BCUT2D eigenvalue weighted by atomic mass is 19.4. The molecule has 0 N–H and O–H groups in total. The van der Waals surface area contributed by atoms with E-state index in [1.165, 1.54) is 0 Å². The Morgan fingerprint density at radius 3 is 1.33 bits per heavy atom. The lowest BCUT2D eigenvalue weighted by Gasteiger charge is -2.41. The van der Waals surface area contributed by atoms with Gasteiger partial charge in [-0.3, -0.25) is 0 Å². The number of rotatable bonds is 17. The summed E-state index contributed by atoms with van der Waals surface area (Å²) in [4.78, 5) is 0. The predicted molar refractivity (Wildman–Crippen MR) is 101 cm³/mol. The minimum atomic E-state index is -7.92. The predicted octanol–water partition coefficient (Wildman–Crippen LogP) is 8.08. The van der Waals surface area contributed by atoms with E-state index in [4.69, 9.17) is 14.2 Å². The molecule has 16 heteroatoms. The van der Waals surface area contributed by atoms with Crippen molar-refractivity contribution in [2.24, 2.45) is 5.92 Å².